The van der Waals surface area contributed by atoms with E-state index < -0.39 is 0 Å². The van der Waals surface area contributed by atoms with Gasteiger partial charge < -0.3 is 0 Å². The van der Waals surface area contributed by atoms with Crippen LogP contribution in [0.3, 0.4) is 0 Å². The minimum Gasteiger partial charge on any atom is -0.290 e. The smallest absolute Gasteiger partial charge is 0.194 e. The number of imidazole rings is 1. The normalized spacial score (nSPS) is 12.6. The first-order chi connectivity index (χ1) is 7.65. The van der Waals surface area contributed by atoms with Crippen molar-refractivity contribution in [3.05, 3.63) is 28.0 Å². The number of hydrogen-bond acceptors (Lipinski definition) is 2. The molecule has 0 radical (unpaired) electrons. The number of fused-ring (bicyclic) bond motifs is 1. The van der Waals surface area contributed by atoms with E-state index in [4.69, 9.17) is 11.6 Å². The molecule has 0 saturated carbocycles. The van der Waals surface area contributed by atoms with Gasteiger partial charge in [-0.1, -0.05) is 12.5 Å². The maximum atomic E-state index is 5.90. The van der Waals surface area contributed by atoms with Crippen molar-refractivity contribution in [2.45, 2.75) is 27.2 Å². The summed E-state index contributed by atoms with van der Waals surface area (Å²) < 4.78 is 2.15. The lowest BCUT2D eigenvalue weighted by atomic mass is 10.2. The SMILES string of the molecule is CCC(=Cc1c(C)nc2sc(C)cn12)CCl. The van der Waals surface area contributed by atoms with E-state index >= 15 is 0 Å². The lowest BCUT2D eigenvalue weighted by Gasteiger charge is -1.99. The minimum atomic E-state index is 0.590. The van der Waals surface area contributed by atoms with Gasteiger partial charge in [0.25, 0.3) is 0 Å². The van der Waals surface area contributed by atoms with E-state index in [-0.39, 0.29) is 0 Å². The van der Waals surface area contributed by atoms with Crippen LogP contribution in [0.2, 0.25) is 0 Å². The monoisotopic (exact) mass is 254 g/mol. The van der Waals surface area contributed by atoms with E-state index in [1.165, 1.54) is 10.5 Å². The van der Waals surface area contributed by atoms with Gasteiger partial charge >= 0.3 is 0 Å². The molecular formula is C12H15ClN2S. The minimum absolute atomic E-state index is 0.590. The molecule has 0 bridgehead atoms. The van der Waals surface area contributed by atoms with Gasteiger partial charge in [0.2, 0.25) is 0 Å². The summed E-state index contributed by atoms with van der Waals surface area (Å²) >= 11 is 7.62. The molecule has 0 aliphatic heterocycles. The van der Waals surface area contributed by atoms with Crippen LogP contribution in [-0.4, -0.2) is 15.3 Å². The van der Waals surface area contributed by atoms with Crippen LogP contribution < -0.4 is 0 Å². The van der Waals surface area contributed by atoms with Crippen molar-refractivity contribution in [2.24, 2.45) is 0 Å². The molecule has 0 atom stereocenters. The number of halogens is 1. The predicted octanol–water partition coefficient (Wildman–Crippen LogP) is 4.04. The summed E-state index contributed by atoms with van der Waals surface area (Å²) in [6.45, 7) is 6.27. The molecule has 2 rings (SSSR count). The van der Waals surface area contributed by atoms with Crippen molar-refractivity contribution < 1.29 is 0 Å². The second-order valence-electron chi connectivity index (χ2n) is 3.87. The molecule has 2 aromatic rings. The van der Waals surface area contributed by atoms with Crippen LogP contribution in [-0.2, 0) is 0 Å². The Morgan fingerprint density at radius 1 is 1.56 bits per heavy atom. The summed E-state index contributed by atoms with van der Waals surface area (Å²) in [6, 6.07) is 0. The number of alkyl halides is 1. The molecule has 0 amide bonds. The topological polar surface area (TPSA) is 17.3 Å². The van der Waals surface area contributed by atoms with Crippen LogP contribution in [0.5, 0.6) is 0 Å². The van der Waals surface area contributed by atoms with Crippen molar-refractivity contribution in [1.82, 2.24) is 9.38 Å². The fraction of sp³-hybridized carbons (Fsp3) is 0.417. The number of thiazole rings is 1. The van der Waals surface area contributed by atoms with Gasteiger partial charge in [-0.05, 0) is 26.3 Å². The zero-order valence-electron chi connectivity index (χ0n) is 9.75. The van der Waals surface area contributed by atoms with E-state index in [1.54, 1.807) is 11.3 Å². The summed E-state index contributed by atoms with van der Waals surface area (Å²) in [5, 5.41) is 0. The molecule has 86 valence electrons. The molecule has 2 nitrogen and oxygen atoms in total. The standard InChI is InChI=1S/C12H15ClN2S/c1-4-10(6-13)5-11-9(3)14-12-15(11)7-8(2)16-12/h5,7H,4,6H2,1-3H3. The Kier molecular flexibility index (Phi) is 3.36. The van der Waals surface area contributed by atoms with Crippen molar-refractivity contribution in [3.8, 4) is 0 Å². The fourth-order valence-electron chi connectivity index (χ4n) is 1.68. The predicted molar refractivity (Wildman–Crippen MR) is 71.5 cm³/mol. The van der Waals surface area contributed by atoms with E-state index in [0.29, 0.717) is 5.88 Å². The molecule has 0 aliphatic carbocycles. The molecule has 0 fully saturated rings. The summed E-state index contributed by atoms with van der Waals surface area (Å²) in [6.07, 6.45) is 5.28. The average molecular weight is 255 g/mol. The molecule has 0 aliphatic rings. The number of rotatable bonds is 3. The van der Waals surface area contributed by atoms with Crippen molar-refractivity contribution in [3.63, 3.8) is 0 Å². The maximum Gasteiger partial charge on any atom is 0.194 e. The first kappa shape index (κ1) is 11.7. The third-order valence-electron chi connectivity index (χ3n) is 2.63. The molecule has 0 unspecified atom stereocenters. The zero-order chi connectivity index (χ0) is 11.7. The molecule has 0 saturated heterocycles. The number of hydrogen-bond donors (Lipinski definition) is 0. The van der Waals surface area contributed by atoms with Gasteiger partial charge in [-0.3, -0.25) is 4.40 Å². The molecule has 0 N–H and O–H groups in total. The van der Waals surface area contributed by atoms with Gasteiger partial charge in [-0.25, -0.2) is 4.98 Å². The first-order valence-electron chi connectivity index (χ1n) is 5.36. The number of nitrogens with zero attached hydrogens (tertiary/aromatic N) is 2. The number of aromatic nitrogens is 2. The lowest BCUT2D eigenvalue weighted by Crippen LogP contribution is -1.88. The van der Waals surface area contributed by atoms with Gasteiger partial charge in [-0.15, -0.1) is 22.9 Å². The molecule has 16 heavy (non-hydrogen) atoms. The molecule has 2 heterocycles. The van der Waals surface area contributed by atoms with Gasteiger partial charge in [0.05, 0.1) is 11.4 Å². The van der Waals surface area contributed by atoms with Gasteiger partial charge in [0.15, 0.2) is 4.96 Å². The molecule has 4 heteroatoms. The van der Waals surface area contributed by atoms with Crippen LogP contribution >= 0.6 is 22.9 Å². The summed E-state index contributed by atoms with van der Waals surface area (Å²) in [5.41, 5.74) is 3.48. The van der Waals surface area contributed by atoms with Crippen molar-refractivity contribution in [2.75, 3.05) is 5.88 Å². The van der Waals surface area contributed by atoms with Crippen molar-refractivity contribution >= 4 is 34.0 Å². The van der Waals surface area contributed by atoms with E-state index in [1.807, 2.05) is 6.92 Å². The zero-order valence-corrected chi connectivity index (χ0v) is 11.3. The average Bonchev–Trinajstić information content (AvgIpc) is 2.72. The Morgan fingerprint density at radius 3 is 2.94 bits per heavy atom. The molecular weight excluding hydrogens is 240 g/mol. The van der Waals surface area contributed by atoms with Crippen LogP contribution in [0.15, 0.2) is 11.8 Å². The maximum absolute atomic E-state index is 5.90. The highest BCUT2D eigenvalue weighted by atomic mass is 35.5. The Morgan fingerprint density at radius 2 is 2.31 bits per heavy atom. The largest absolute Gasteiger partial charge is 0.290 e. The third-order valence-corrected chi connectivity index (χ3v) is 3.87. The lowest BCUT2D eigenvalue weighted by molar-refractivity contribution is 1.10. The Hall–Kier alpha value is -0.800. The summed E-state index contributed by atoms with van der Waals surface area (Å²) in [5.74, 6) is 0.590. The number of aryl methyl sites for hydroxylation is 2. The van der Waals surface area contributed by atoms with E-state index in [2.05, 4.69) is 35.5 Å². The number of allylic oxidation sites excluding steroid dienone is 1. The molecule has 2 aromatic heterocycles. The highest BCUT2D eigenvalue weighted by Crippen LogP contribution is 2.23. The van der Waals surface area contributed by atoms with Gasteiger partial charge in [-0.2, -0.15) is 0 Å². The Bertz CT molecular complexity index is 530. The van der Waals surface area contributed by atoms with E-state index in [0.717, 1.165) is 22.8 Å². The van der Waals surface area contributed by atoms with Gasteiger partial charge in [0.1, 0.15) is 0 Å². The molecule has 0 spiro atoms. The van der Waals surface area contributed by atoms with Crippen LogP contribution in [0.4, 0.5) is 0 Å². The van der Waals surface area contributed by atoms with Crippen LogP contribution in [0.25, 0.3) is 11.0 Å². The second kappa shape index (κ2) is 4.60. The Balaban J connectivity index is 2.57. The summed E-state index contributed by atoms with van der Waals surface area (Å²) in [7, 11) is 0. The first-order valence-corrected chi connectivity index (χ1v) is 6.71. The second-order valence-corrected chi connectivity index (χ2v) is 5.35. The van der Waals surface area contributed by atoms with E-state index in [9.17, 15) is 0 Å². The molecule has 0 aromatic carbocycles. The van der Waals surface area contributed by atoms with Gasteiger partial charge in [0, 0.05) is 17.0 Å². The highest BCUT2D eigenvalue weighted by Gasteiger charge is 2.09. The van der Waals surface area contributed by atoms with Crippen LogP contribution in [0.1, 0.15) is 29.6 Å². The fourth-order valence-corrected chi connectivity index (χ4v) is 2.83. The highest BCUT2D eigenvalue weighted by molar-refractivity contribution is 7.17. The van der Waals surface area contributed by atoms with Crippen LogP contribution in [0, 0.1) is 13.8 Å². The van der Waals surface area contributed by atoms with Crippen molar-refractivity contribution in [1.29, 1.82) is 0 Å². The third kappa shape index (κ3) is 2.02. The Labute approximate surface area is 105 Å². The summed E-state index contributed by atoms with van der Waals surface area (Å²) in [4.78, 5) is 6.89. The quantitative estimate of drug-likeness (QED) is 0.756.